The molecule has 0 aliphatic carbocycles. The number of aliphatic imine (C=N–C) groups is 1. The average Bonchev–Trinajstić information content (AvgIpc) is 3.49. The van der Waals surface area contributed by atoms with Crippen molar-refractivity contribution in [1.29, 1.82) is 0 Å². The minimum absolute atomic E-state index is 0.0345. The number of nitrogens with two attached hydrogens (primary N) is 2. The molecule has 0 aromatic carbocycles. The summed E-state index contributed by atoms with van der Waals surface area (Å²) in [4.78, 5) is 45.6. The highest BCUT2D eigenvalue weighted by Gasteiger charge is 2.60. The van der Waals surface area contributed by atoms with Gasteiger partial charge in [0.15, 0.2) is 5.96 Å². The Morgan fingerprint density at radius 2 is 2.09 bits per heavy atom. The molecule has 0 radical (unpaired) electrons. The van der Waals surface area contributed by atoms with Crippen molar-refractivity contribution in [3.8, 4) is 0 Å². The van der Waals surface area contributed by atoms with Crippen molar-refractivity contribution in [2.24, 2.45) is 34.2 Å². The van der Waals surface area contributed by atoms with Crippen LogP contribution < -0.4 is 16.8 Å². The molecule has 7 atom stereocenters. The van der Waals surface area contributed by atoms with Crippen molar-refractivity contribution < 1.29 is 24.6 Å². The Bertz CT molecular complexity index is 935. The smallest absolute Gasteiger partial charge is 0.353 e. The Morgan fingerprint density at radius 3 is 2.74 bits per heavy atom. The lowest BCUT2D eigenvalue weighted by Crippen LogP contribution is -2.63. The molecule has 3 unspecified atom stereocenters. The number of β-lactam (4-membered cyclic amide) rings is 1. The molecule has 4 rings (SSSR count). The van der Waals surface area contributed by atoms with Crippen molar-refractivity contribution in [2.75, 3.05) is 26.2 Å². The van der Waals surface area contributed by atoms with Gasteiger partial charge in [-0.1, -0.05) is 6.92 Å². The van der Waals surface area contributed by atoms with E-state index in [9.17, 15) is 24.6 Å². The number of hydrogen-bond donors (Lipinski definition) is 5. The van der Waals surface area contributed by atoms with Gasteiger partial charge in [0.1, 0.15) is 5.70 Å². The summed E-state index contributed by atoms with van der Waals surface area (Å²) in [6, 6.07) is -0.612. The van der Waals surface area contributed by atoms with E-state index in [-0.39, 0.29) is 46.7 Å². The van der Waals surface area contributed by atoms with Gasteiger partial charge < -0.3 is 36.8 Å². The van der Waals surface area contributed by atoms with Crippen molar-refractivity contribution in [3.05, 3.63) is 10.6 Å². The number of carboxylic acid groups (broad SMARTS) is 1. The van der Waals surface area contributed by atoms with Gasteiger partial charge in [-0.05, 0) is 38.5 Å². The van der Waals surface area contributed by atoms with Crippen molar-refractivity contribution in [3.63, 3.8) is 0 Å². The molecule has 0 aromatic rings. The zero-order chi connectivity index (χ0) is 25.4. The molecule has 0 bridgehead atoms. The third kappa shape index (κ3) is 5.01. The Labute approximate surface area is 209 Å². The summed E-state index contributed by atoms with van der Waals surface area (Å²) in [6.45, 7) is 6.17. The summed E-state index contributed by atoms with van der Waals surface area (Å²) in [5, 5.41) is 23.2. The molecule has 3 saturated heterocycles. The fourth-order valence-corrected chi connectivity index (χ4v) is 7.40. The number of carboxylic acids is 1. The summed E-state index contributed by atoms with van der Waals surface area (Å²) in [5.74, 6) is -1.55. The number of carbonyl (C=O) groups excluding carboxylic acids is 2. The van der Waals surface area contributed by atoms with Crippen LogP contribution in [-0.2, 0) is 14.4 Å². The van der Waals surface area contributed by atoms with E-state index < -0.39 is 18.0 Å². The lowest BCUT2D eigenvalue weighted by atomic mass is 9.79. The second-order valence-corrected chi connectivity index (χ2v) is 11.4. The van der Waals surface area contributed by atoms with E-state index in [1.54, 1.807) is 6.92 Å². The molecule has 3 fully saturated rings. The number of amides is 2. The first-order valence-electron chi connectivity index (χ1n) is 12.3. The average molecular weight is 509 g/mol. The highest BCUT2D eigenvalue weighted by molar-refractivity contribution is 8.03. The van der Waals surface area contributed by atoms with E-state index in [1.807, 2.05) is 11.8 Å². The van der Waals surface area contributed by atoms with Crippen LogP contribution in [0.5, 0.6) is 0 Å². The standard InChI is InChI=1S/C23H36N6O5S/c1-11-17-16(12(2)30)21(32)29(17)18(22(33)34)19(11)35-14-8-15(27-9-14)20(31)28-7-5-13(10-28)4-3-6-26-23(24)25/h11-17,27,30H,3-10H2,1-2H3,(H,33,34)(H4,24,25,26)/t11-,12-,13?,14+,15+,16?,17?/m1/s1. The zero-order valence-corrected chi connectivity index (χ0v) is 21.0. The van der Waals surface area contributed by atoms with Crippen LogP contribution in [0.4, 0.5) is 0 Å². The number of aliphatic hydroxyl groups is 1. The number of likely N-dealkylation sites (tertiary alicyclic amines) is 1. The number of thioether (sulfide) groups is 1. The summed E-state index contributed by atoms with van der Waals surface area (Å²) in [6.07, 6.45) is 2.62. The van der Waals surface area contributed by atoms with Crippen molar-refractivity contribution in [1.82, 2.24) is 15.1 Å². The first-order valence-corrected chi connectivity index (χ1v) is 13.2. The topological polar surface area (TPSA) is 175 Å². The Balaban J connectivity index is 1.32. The van der Waals surface area contributed by atoms with Gasteiger partial charge >= 0.3 is 5.97 Å². The first-order chi connectivity index (χ1) is 16.6. The summed E-state index contributed by atoms with van der Waals surface area (Å²) in [7, 11) is 0. The van der Waals surface area contributed by atoms with Crippen LogP contribution in [0.15, 0.2) is 15.6 Å². The number of fused-ring (bicyclic) bond motifs is 1. The van der Waals surface area contributed by atoms with E-state index in [1.165, 1.54) is 16.7 Å². The molecule has 0 spiro atoms. The Hall–Kier alpha value is -2.31. The second-order valence-electron chi connectivity index (χ2n) is 10.1. The zero-order valence-electron chi connectivity index (χ0n) is 20.2. The molecular formula is C23H36N6O5S. The summed E-state index contributed by atoms with van der Waals surface area (Å²) in [5.41, 5.74) is 10.8. The van der Waals surface area contributed by atoms with Crippen LogP contribution in [0, 0.1) is 17.8 Å². The Morgan fingerprint density at radius 1 is 1.34 bits per heavy atom. The quantitative estimate of drug-likeness (QED) is 0.119. The number of hydrogen-bond acceptors (Lipinski definition) is 7. The van der Waals surface area contributed by atoms with Crippen LogP contribution in [0.2, 0.25) is 0 Å². The van der Waals surface area contributed by atoms with E-state index in [4.69, 9.17) is 11.5 Å². The molecule has 0 saturated carbocycles. The predicted octanol–water partition coefficient (Wildman–Crippen LogP) is -0.494. The molecule has 2 amide bonds. The maximum Gasteiger partial charge on any atom is 0.353 e. The normalized spacial score (nSPS) is 33.1. The minimum atomic E-state index is -1.12. The van der Waals surface area contributed by atoms with Crippen LogP contribution in [0.3, 0.4) is 0 Å². The predicted molar refractivity (Wildman–Crippen MR) is 132 cm³/mol. The molecule has 11 nitrogen and oxygen atoms in total. The van der Waals surface area contributed by atoms with Gasteiger partial charge in [-0.2, -0.15) is 0 Å². The highest BCUT2D eigenvalue weighted by atomic mass is 32.2. The van der Waals surface area contributed by atoms with E-state index >= 15 is 0 Å². The van der Waals surface area contributed by atoms with Gasteiger partial charge in [0.05, 0.1) is 24.1 Å². The molecule has 12 heteroatoms. The van der Waals surface area contributed by atoms with E-state index in [2.05, 4.69) is 10.3 Å². The Kier molecular flexibility index (Phi) is 7.62. The largest absolute Gasteiger partial charge is 0.477 e. The van der Waals surface area contributed by atoms with Crippen molar-refractivity contribution in [2.45, 2.75) is 63.0 Å². The molecule has 35 heavy (non-hydrogen) atoms. The molecular weight excluding hydrogens is 472 g/mol. The van der Waals surface area contributed by atoms with Gasteiger partial charge in [-0.15, -0.1) is 11.8 Å². The second kappa shape index (κ2) is 10.4. The lowest BCUT2D eigenvalue weighted by molar-refractivity contribution is -0.163. The minimum Gasteiger partial charge on any atom is -0.477 e. The van der Waals surface area contributed by atoms with Gasteiger partial charge in [-0.25, -0.2) is 4.79 Å². The van der Waals surface area contributed by atoms with Crippen LogP contribution >= 0.6 is 11.8 Å². The maximum atomic E-state index is 13.1. The fourth-order valence-electron chi connectivity index (χ4n) is 5.92. The number of aliphatic carboxylic acids is 1. The number of carbonyl (C=O) groups is 3. The molecule has 4 heterocycles. The third-order valence-electron chi connectivity index (χ3n) is 7.66. The SMILES string of the molecule is C[C@@H](O)C1C(=O)N2C(C(=O)O)=C(S[C@@H]3CN[C@H](C(=O)N4CCC(CCCN=C(N)N)C4)C3)[C@H](C)C12. The maximum absolute atomic E-state index is 13.1. The first kappa shape index (κ1) is 25.8. The molecule has 7 N–H and O–H groups in total. The number of nitrogens with zero attached hydrogens (tertiary/aromatic N) is 3. The highest BCUT2D eigenvalue weighted by Crippen LogP contribution is 2.51. The van der Waals surface area contributed by atoms with Gasteiger partial charge in [0, 0.05) is 42.3 Å². The van der Waals surface area contributed by atoms with Gasteiger partial charge in [-0.3, -0.25) is 14.6 Å². The van der Waals surface area contributed by atoms with E-state index in [0.717, 1.165) is 32.4 Å². The monoisotopic (exact) mass is 508 g/mol. The fraction of sp³-hybridized carbons (Fsp3) is 0.739. The number of nitrogens with one attached hydrogen (secondary N) is 1. The summed E-state index contributed by atoms with van der Waals surface area (Å²) >= 11 is 1.46. The van der Waals surface area contributed by atoms with Crippen LogP contribution in [0.25, 0.3) is 0 Å². The van der Waals surface area contributed by atoms with E-state index in [0.29, 0.717) is 30.3 Å². The van der Waals surface area contributed by atoms with Crippen LogP contribution in [0.1, 0.15) is 39.5 Å². The van der Waals surface area contributed by atoms with Crippen LogP contribution in [-0.4, -0.2) is 93.4 Å². The van der Waals surface area contributed by atoms with Crippen molar-refractivity contribution >= 4 is 35.5 Å². The third-order valence-corrected chi connectivity index (χ3v) is 9.17. The molecule has 4 aliphatic heterocycles. The summed E-state index contributed by atoms with van der Waals surface area (Å²) < 4.78 is 0. The molecule has 194 valence electrons. The van der Waals surface area contributed by atoms with Gasteiger partial charge in [0.2, 0.25) is 11.8 Å². The molecule has 0 aromatic heterocycles. The lowest BCUT2D eigenvalue weighted by Gasteiger charge is -2.46. The number of rotatable bonds is 9. The molecule has 4 aliphatic rings. The van der Waals surface area contributed by atoms with Gasteiger partial charge in [0.25, 0.3) is 0 Å². The number of guanidine groups is 1. The number of aliphatic hydroxyl groups excluding tert-OH is 1.